The van der Waals surface area contributed by atoms with Crippen molar-refractivity contribution in [1.29, 1.82) is 0 Å². The first-order valence-electron chi connectivity index (χ1n) is 7.88. The molecule has 0 aromatic heterocycles. The lowest BCUT2D eigenvalue weighted by Gasteiger charge is -2.37. The zero-order valence-electron chi connectivity index (χ0n) is 13.0. The van der Waals surface area contributed by atoms with Crippen LogP contribution in [0.25, 0.3) is 0 Å². The molecule has 1 saturated carbocycles. The first-order valence-corrected chi connectivity index (χ1v) is 7.88. The normalized spacial score (nSPS) is 23.6. The highest BCUT2D eigenvalue weighted by Gasteiger charge is 2.37. The van der Waals surface area contributed by atoms with Gasteiger partial charge in [0.15, 0.2) is 0 Å². The molecule has 1 heterocycles. The number of carbonyl (C=O) groups is 2. The van der Waals surface area contributed by atoms with Crippen LogP contribution in [0.5, 0.6) is 0 Å². The fourth-order valence-electron chi connectivity index (χ4n) is 3.16. The number of nitrogens with zero attached hydrogens (tertiary/aromatic N) is 1. The molecule has 2 rings (SSSR count). The Balaban J connectivity index is 1.78. The molecule has 1 aliphatic heterocycles. The summed E-state index contributed by atoms with van der Waals surface area (Å²) in [6.07, 6.45) is 6.58. The SMILES string of the molecule is CC(C)(C)OC(=O)CCC(=O)N1CCC[C@@H]1C1CCC1. The van der Waals surface area contributed by atoms with E-state index >= 15 is 0 Å². The third-order valence-electron chi connectivity index (χ3n) is 4.28. The standard InChI is InChI=1S/C16H27NO3/c1-16(2,3)20-15(19)10-9-14(18)17-11-5-8-13(17)12-6-4-7-12/h12-13H,4-11H2,1-3H3/t13-/m1/s1. The summed E-state index contributed by atoms with van der Waals surface area (Å²) in [5.41, 5.74) is -0.470. The quantitative estimate of drug-likeness (QED) is 0.744. The molecule has 0 unspecified atom stereocenters. The van der Waals surface area contributed by atoms with Gasteiger partial charge < -0.3 is 9.64 Å². The fourth-order valence-corrected chi connectivity index (χ4v) is 3.16. The molecule has 2 fully saturated rings. The number of hydrogen-bond donors (Lipinski definition) is 0. The van der Waals surface area contributed by atoms with Gasteiger partial charge in [0.05, 0.1) is 6.42 Å². The lowest BCUT2D eigenvalue weighted by atomic mass is 9.79. The molecule has 20 heavy (non-hydrogen) atoms. The molecule has 1 saturated heterocycles. The van der Waals surface area contributed by atoms with Crippen LogP contribution >= 0.6 is 0 Å². The largest absolute Gasteiger partial charge is 0.460 e. The summed E-state index contributed by atoms with van der Waals surface area (Å²) in [6, 6.07) is 0.440. The highest BCUT2D eigenvalue weighted by Crippen LogP contribution is 2.37. The van der Waals surface area contributed by atoms with Crippen LogP contribution in [0.2, 0.25) is 0 Å². The van der Waals surface area contributed by atoms with E-state index in [1.54, 1.807) is 0 Å². The number of ether oxygens (including phenoxy) is 1. The number of likely N-dealkylation sites (tertiary alicyclic amines) is 1. The minimum Gasteiger partial charge on any atom is -0.460 e. The lowest BCUT2D eigenvalue weighted by Crippen LogP contribution is -2.42. The van der Waals surface area contributed by atoms with E-state index in [0.717, 1.165) is 19.4 Å². The van der Waals surface area contributed by atoms with Crippen molar-refractivity contribution in [2.45, 2.75) is 77.4 Å². The Labute approximate surface area is 121 Å². The Bertz CT molecular complexity index is 368. The number of rotatable bonds is 4. The average Bonchev–Trinajstić information content (AvgIpc) is 2.70. The minimum absolute atomic E-state index is 0.130. The first-order chi connectivity index (χ1) is 9.37. The first kappa shape index (κ1) is 15.3. The van der Waals surface area contributed by atoms with E-state index in [1.165, 1.54) is 19.3 Å². The van der Waals surface area contributed by atoms with E-state index in [1.807, 2.05) is 25.7 Å². The summed E-state index contributed by atoms with van der Waals surface area (Å²) in [6.45, 7) is 6.41. The van der Waals surface area contributed by atoms with Crippen LogP contribution in [0.3, 0.4) is 0 Å². The molecule has 0 radical (unpaired) electrons. The summed E-state index contributed by atoms with van der Waals surface area (Å²) in [5.74, 6) is 0.568. The van der Waals surface area contributed by atoms with Crippen LogP contribution in [-0.2, 0) is 14.3 Å². The maximum Gasteiger partial charge on any atom is 0.306 e. The molecule has 0 bridgehead atoms. The number of esters is 1. The summed E-state index contributed by atoms with van der Waals surface area (Å²) in [7, 11) is 0. The third kappa shape index (κ3) is 3.97. The van der Waals surface area contributed by atoms with Crippen molar-refractivity contribution in [1.82, 2.24) is 4.90 Å². The van der Waals surface area contributed by atoms with Gasteiger partial charge in [0, 0.05) is 19.0 Å². The van der Waals surface area contributed by atoms with Gasteiger partial charge in [-0.25, -0.2) is 0 Å². The number of amides is 1. The van der Waals surface area contributed by atoms with Crippen LogP contribution < -0.4 is 0 Å². The molecule has 4 nitrogen and oxygen atoms in total. The zero-order chi connectivity index (χ0) is 14.8. The monoisotopic (exact) mass is 281 g/mol. The van der Waals surface area contributed by atoms with E-state index in [4.69, 9.17) is 4.74 Å². The van der Waals surface area contributed by atoms with Crippen molar-refractivity contribution in [3.63, 3.8) is 0 Å². The van der Waals surface area contributed by atoms with Crippen molar-refractivity contribution in [2.24, 2.45) is 5.92 Å². The van der Waals surface area contributed by atoms with E-state index in [2.05, 4.69) is 0 Å². The Hall–Kier alpha value is -1.06. The maximum absolute atomic E-state index is 12.3. The van der Waals surface area contributed by atoms with Gasteiger partial charge >= 0.3 is 5.97 Å². The predicted molar refractivity (Wildman–Crippen MR) is 77.2 cm³/mol. The zero-order valence-corrected chi connectivity index (χ0v) is 13.0. The number of carbonyl (C=O) groups excluding carboxylic acids is 2. The molecular formula is C16H27NO3. The van der Waals surface area contributed by atoms with E-state index in [9.17, 15) is 9.59 Å². The highest BCUT2D eigenvalue weighted by molar-refractivity contribution is 5.82. The van der Waals surface area contributed by atoms with Crippen molar-refractivity contribution in [3.8, 4) is 0 Å². The summed E-state index contributed by atoms with van der Waals surface area (Å²) in [5, 5.41) is 0. The molecule has 4 heteroatoms. The molecule has 0 spiro atoms. The minimum atomic E-state index is -0.470. The summed E-state index contributed by atoms with van der Waals surface area (Å²) >= 11 is 0. The van der Waals surface area contributed by atoms with Crippen LogP contribution in [0.15, 0.2) is 0 Å². The Morgan fingerprint density at radius 3 is 2.35 bits per heavy atom. The molecule has 1 aliphatic carbocycles. The molecule has 0 aromatic carbocycles. The van der Waals surface area contributed by atoms with Crippen molar-refractivity contribution >= 4 is 11.9 Å². The van der Waals surface area contributed by atoms with Gasteiger partial charge in [0.1, 0.15) is 5.60 Å². The molecule has 1 atom stereocenters. The van der Waals surface area contributed by atoms with Gasteiger partial charge in [-0.1, -0.05) is 6.42 Å². The van der Waals surface area contributed by atoms with E-state index in [0.29, 0.717) is 12.0 Å². The van der Waals surface area contributed by atoms with Gasteiger partial charge in [-0.05, 0) is 52.4 Å². The second-order valence-electron chi connectivity index (χ2n) is 7.07. The van der Waals surface area contributed by atoms with Gasteiger partial charge in [-0.15, -0.1) is 0 Å². The Morgan fingerprint density at radius 1 is 1.10 bits per heavy atom. The van der Waals surface area contributed by atoms with Gasteiger partial charge in [0.25, 0.3) is 0 Å². The van der Waals surface area contributed by atoms with E-state index < -0.39 is 5.60 Å². The molecule has 2 aliphatic rings. The van der Waals surface area contributed by atoms with Crippen LogP contribution in [0, 0.1) is 5.92 Å². The van der Waals surface area contributed by atoms with Crippen LogP contribution in [0.1, 0.15) is 65.7 Å². The van der Waals surface area contributed by atoms with Gasteiger partial charge in [0.2, 0.25) is 5.91 Å². The number of hydrogen-bond acceptors (Lipinski definition) is 3. The molecule has 1 amide bonds. The third-order valence-corrected chi connectivity index (χ3v) is 4.28. The van der Waals surface area contributed by atoms with Crippen molar-refractivity contribution in [3.05, 3.63) is 0 Å². The fraction of sp³-hybridized carbons (Fsp3) is 0.875. The second kappa shape index (κ2) is 6.15. The predicted octanol–water partition coefficient (Wildman–Crippen LogP) is 2.90. The van der Waals surface area contributed by atoms with Gasteiger partial charge in [-0.3, -0.25) is 9.59 Å². The van der Waals surface area contributed by atoms with Gasteiger partial charge in [-0.2, -0.15) is 0 Å². The maximum atomic E-state index is 12.3. The van der Waals surface area contributed by atoms with E-state index in [-0.39, 0.29) is 24.7 Å². The molecule has 114 valence electrons. The smallest absolute Gasteiger partial charge is 0.306 e. The topological polar surface area (TPSA) is 46.6 Å². The molecular weight excluding hydrogens is 254 g/mol. The van der Waals surface area contributed by atoms with Crippen molar-refractivity contribution < 1.29 is 14.3 Å². The average molecular weight is 281 g/mol. The Morgan fingerprint density at radius 2 is 1.80 bits per heavy atom. The summed E-state index contributed by atoms with van der Waals surface area (Å²) < 4.78 is 5.25. The highest BCUT2D eigenvalue weighted by atomic mass is 16.6. The second-order valence-corrected chi connectivity index (χ2v) is 7.07. The molecule has 0 aromatic rings. The van der Waals surface area contributed by atoms with Crippen LogP contribution in [0.4, 0.5) is 0 Å². The molecule has 0 N–H and O–H groups in total. The lowest BCUT2D eigenvalue weighted by molar-refractivity contribution is -0.156. The van der Waals surface area contributed by atoms with Crippen molar-refractivity contribution in [2.75, 3.05) is 6.54 Å². The summed E-state index contributed by atoms with van der Waals surface area (Å²) in [4.78, 5) is 26.0. The Kier molecular flexibility index (Phi) is 4.71. The van der Waals surface area contributed by atoms with Crippen LogP contribution in [-0.4, -0.2) is 35.0 Å².